The lowest BCUT2D eigenvalue weighted by atomic mass is 10.1. The lowest BCUT2D eigenvalue weighted by molar-refractivity contribution is -0.385. The van der Waals surface area contributed by atoms with E-state index < -0.39 is 10.8 Å². The fraction of sp³-hybridized carbons (Fsp3) is 0.143. The molecule has 0 unspecified atom stereocenters. The Morgan fingerprint density at radius 1 is 1.21 bits per heavy atom. The number of rotatable bonds is 7. The van der Waals surface area contributed by atoms with E-state index in [0.29, 0.717) is 28.4 Å². The first kappa shape index (κ1) is 19.8. The van der Waals surface area contributed by atoms with Gasteiger partial charge in [-0.3, -0.25) is 14.9 Å². The highest BCUT2D eigenvalue weighted by Gasteiger charge is 2.16. The van der Waals surface area contributed by atoms with Gasteiger partial charge in [0.15, 0.2) is 6.61 Å². The topological polar surface area (TPSA) is 107 Å². The van der Waals surface area contributed by atoms with Crippen molar-refractivity contribution in [2.75, 3.05) is 6.61 Å². The second kappa shape index (κ2) is 8.83. The molecule has 148 valence electrons. The molecule has 3 aromatic rings. The Balaban J connectivity index is 1.59. The molecule has 8 nitrogen and oxygen atoms in total. The minimum atomic E-state index is -0.432. The Morgan fingerprint density at radius 3 is 2.76 bits per heavy atom. The minimum Gasteiger partial charge on any atom is -0.484 e. The Labute approximate surface area is 167 Å². The van der Waals surface area contributed by atoms with Gasteiger partial charge in [0.1, 0.15) is 17.3 Å². The molecular weight excluding hydrogens is 374 g/mol. The van der Waals surface area contributed by atoms with E-state index in [-0.39, 0.29) is 12.3 Å². The van der Waals surface area contributed by atoms with Crippen LogP contribution in [0.3, 0.4) is 0 Å². The monoisotopic (exact) mass is 393 g/mol. The van der Waals surface area contributed by atoms with Crippen molar-refractivity contribution >= 4 is 17.8 Å². The van der Waals surface area contributed by atoms with Gasteiger partial charge in [0.25, 0.3) is 11.6 Å². The summed E-state index contributed by atoms with van der Waals surface area (Å²) in [6.07, 6.45) is 1.35. The van der Waals surface area contributed by atoms with Gasteiger partial charge in [-0.15, -0.1) is 0 Å². The van der Waals surface area contributed by atoms with Gasteiger partial charge in [-0.1, -0.05) is 24.3 Å². The number of nitro benzene ring substituents is 1. The number of hydrazone groups is 1. The molecule has 2 aromatic carbocycles. The number of carbonyl (C=O) groups excluding carboxylic acids is 1. The van der Waals surface area contributed by atoms with Crippen LogP contribution < -0.4 is 10.2 Å². The molecule has 0 saturated carbocycles. The SMILES string of the molecule is Cc1cccc(OCC(=O)N/N=C\c2ccc(-c3cccc([N+](=O)[O-])c3C)o2)c1. The molecule has 1 N–H and O–H groups in total. The smallest absolute Gasteiger partial charge is 0.277 e. The largest absolute Gasteiger partial charge is 0.484 e. The number of furan rings is 1. The van der Waals surface area contributed by atoms with Gasteiger partial charge < -0.3 is 9.15 Å². The molecule has 8 heteroatoms. The van der Waals surface area contributed by atoms with Gasteiger partial charge >= 0.3 is 0 Å². The van der Waals surface area contributed by atoms with Gasteiger partial charge in [-0.25, -0.2) is 5.43 Å². The van der Waals surface area contributed by atoms with E-state index >= 15 is 0 Å². The fourth-order valence-corrected chi connectivity index (χ4v) is 2.71. The summed E-state index contributed by atoms with van der Waals surface area (Å²) in [6.45, 7) is 3.43. The van der Waals surface area contributed by atoms with Crippen molar-refractivity contribution in [3.05, 3.63) is 81.6 Å². The highest BCUT2D eigenvalue weighted by Crippen LogP contribution is 2.30. The quantitative estimate of drug-likeness (QED) is 0.371. The number of hydrogen-bond acceptors (Lipinski definition) is 6. The molecule has 0 bridgehead atoms. The second-order valence-corrected chi connectivity index (χ2v) is 6.31. The van der Waals surface area contributed by atoms with Crippen LogP contribution >= 0.6 is 0 Å². The van der Waals surface area contributed by atoms with Crippen LogP contribution in [0.25, 0.3) is 11.3 Å². The predicted molar refractivity (Wildman–Crippen MR) is 108 cm³/mol. The van der Waals surface area contributed by atoms with Crippen molar-refractivity contribution < 1.29 is 18.9 Å². The van der Waals surface area contributed by atoms with Gasteiger partial charge in [0.05, 0.1) is 11.1 Å². The van der Waals surface area contributed by atoms with E-state index in [4.69, 9.17) is 9.15 Å². The van der Waals surface area contributed by atoms with E-state index in [1.807, 2.05) is 25.1 Å². The highest BCUT2D eigenvalue weighted by atomic mass is 16.6. The number of carbonyl (C=O) groups is 1. The van der Waals surface area contributed by atoms with Crippen LogP contribution in [0.4, 0.5) is 5.69 Å². The number of nitro groups is 1. The number of hydrogen-bond donors (Lipinski definition) is 1. The number of aryl methyl sites for hydroxylation is 1. The average molecular weight is 393 g/mol. The maximum Gasteiger partial charge on any atom is 0.277 e. The van der Waals surface area contributed by atoms with Crippen LogP contribution in [0, 0.1) is 24.0 Å². The maximum atomic E-state index is 11.8. The molecule has 0 radical (unpaired) electrons. The first-order valence-electron chi connectivity index (χ1n) is 8.79. The zero-order valence-corrected chi connectivity index (χ0v) is 15.9. The summed E-state index contributed by atoms with van der Waals surface area (Å²) in [6, 6.07) is 15.5. The first-order chi connectivity index (χ1) is 13.9. The number of amides is 1. The third kappa shape index (κ3) is 5.07. The van der Waals surface area contributed by atoms with Crippen LogP contribution in [-0.4, -0.2) is 23.7 Å². The van der Waals surface area contributed by atoms with Crippen molar-refractivity contribution in [1.29, 1.82) is 0 Å². The number of nitrogens with zero attached hydrogens (tertiary/aromatic N) is 2. The summed E-state index contributed by atoms with van der Waals surface area (Å²) >= 11 is 0. The van der Waals surface area contributed by atoms with E-state index in [9.17, 15) is 14.9 Å². The molecule has 1 heterocycles. The molecule has 0 aliphatic heterocycles. The normalized spacial score (nSPS) is 10.8. The van der Waals surface area contributed by atoms with E-state index in [1.165, 1.54) is 12.3 Å². The molecule has 0 spiro atoms. The van der Waals surface area contributed by atoms with Gasteiger partial charge in [-0.05, 0) is 43.7 Å². The van der Waals surface area contributed by atoms with Gasteiger partial charge in [-0.2, -0.15) is 5.10 Å². The lowest BCUT2D eigenvalue weighted by Gasteiger charge is -2.05. The van der Waals surface area contributed by atoms with Gasteiger partial charge in [0, 0.05) is 17.2 Å². The zero-order valence-electron chi connectivity index (χ0n) is 15.9. The molecule has 29 heavy (non-hydrogen) atoms. The Bertz CT molecular complexity index is 1070. The molecule has 0 saturated heterocycles. The molecular formula is C21H19N3O5. The van der Waals surface area contributed by atoms with Crippen molar-refractivity contribution in [2.45, 2.75) is 13.8 Å². The van der Waals surface area contributed by atoms with E-state index in [1.54, 1.807) is 37.3 Å². The number of ether oxygens (including phenoxy) is 1. The molecule has 1 aromatic heterocycles. The van der Waals surface area contributed by atoms with Gasteiger partial charge in [0.2, 0.25) is 0 Å². The summed E-state index contributed by atoms with van der Waals surface area (Å²) < 4.78 is 11.0. The molecule has 3 rings (SSSR count). The Hall–Kier alpha value is -3.94. The summed E-state index contributed by atoms with van der Waals surface area (Å²) in [4.78, 5) is 22.5. The minimum absolute atomic E-state index is 0.0231. The highest BCUT2D eigenvalue weighted by molar-refractivity contribution is 5.82. The summed E-state index contributed by atoms with van der Waals surface area (Å²) in [7, 11) is 0. The van der Waals surface area contributed by atoms with Crippen LogP contribution in [0.15, 0.2) is 64.1 Å². The average Bonchev–Trinajstić information content (AvgIpc) is 3.15. The van der Waals surface area contributed by atoms with Crippen molar-refractivity contribution in [3.8, 4) is 17.1 Å². The third-order valence-corrected chi connectivity index (χ3v) is 4.13. The van der Waals surface area contributed by atoms with E-state index in [0.717, 1.165) is 5.56 Å². The fourth-order valence-electron chi connectivity index (χ4n) is 2.71. The zero-order chi connectivity index (χ0) is 20.8. The maximum absolute atomic E-state index is 11.8. The number of nitrogens with one attached hydrogen (secondary N) is 1. The summed E-state index contributed by atoms with van der Waals surface area (Å²) in [5.41, 5.74) is 4.55. The Morgan fingerprint density at radius 2 is 2.00 bits per heavy atom. The molecule has 0 fully saturated rings. The lowest BCUT2D eigenvalue weighted by Crippen LogP contribution is -2.24. The third-order valence-electron chi connectivity index (χ3n) is 4.13. The molecule has 1 amide bonds. The predicted octanol–water partition coefficient (Wildman–Crippen LogP) is 4.00. The van der Waals surface area contributed by atoms with Crippen LogP contribution in [0.1, 0.15) is 16.9 Å². The molecule has 0 atom stereocenters. The van der Waals surface area contributed by atoms with Crippen molar-refractivity contribution in [2.24, 2.45) is 5.10 Å². The summed E-state index contributed by atoms with van der Waals surface area (Å²) in [5.74, 6) is 1.06. The summed E-state index contributed by atoms with van der Waals surface area (Å²) in [5, 5.41) is 14.9. The second-order valence-electron chi connectivity index (χ2n) is 6.31. The van der Waals surface area contributed by atoms with Crippen LogP contribution in [-0.2, 0) is 4.79 Å². The van der Waals surface area contributed by atoms with Crippen molar-refractivity contribution in [1.82, 2.24) is 5.43 Å². The number of benzene rings is 2. The molecule has 0 aliphatic rings. The Kier molecular flexibility index (Phi) is 6.03. The van der Waals surface area contributed by atoms with Crippen LogP contribution in [0.2, 0.25) is 0 Å². The molecule has 0 aliphatic carbocycles. The first-order valence-corrected chi connectivity index (χ1v) is 8.79. The standard InChI is InChI=1S/C21H19N3O5/c1-14-5-3-6-16(11-14)28-13-21(25)23-22-12-17-9-10-20(29-17)18-7-4-8-19(15(18)2)24(26)27/h3-12H,13H2,1-2H3,(H,23,25)/b22-12-. The van der Waals surface area contributed by atoms with Crippen LogP contribution in [0.5, 0.6) is 5.75 Å². The van der Waals surface area contributed by atoms with Crippen molar-refractivity contribution in [3.63, 3.8) is 0 Å². The van der Waals surface area contributed by atoms with E-state index in [2.05, 4.69) is 10.5 Å².